The molecule has 144 valence electrons. The number of pyridine rings is 2. The van der Waals surface area contributed by atoms with E-state index in [1.54, 1.807) is 0 Å². The Labute approximate surface area is 183 Å². The van der Waals surface area contributed by atoms with Gasteiger partial charge in [-0.05, 0) is 60.4 Å². The lowest BCUT2D eigenvalue weighted by Crippen LogP contribution is -2.47. The minimum atomic E-state index is -0.173. The van der Waals surface area contributed by atoms with Gasteiger partial charge in [-0.1, -0.05) is 25.3 Å². The molecule has 1 aliphatic carbocycles. The Bertz CT molecular complexity index is 1370. The smallest absolute Gasteiger partial charge is 0.0971 e. The summed E-state index contributed by atoms with van der Waals surface area (Å²) in [4.78, 5) is 11.7. The molecule has 2 aliphatic heterocycles. The van der Waals surface area contributed by atoms with Crippen molar-refractivity contribution in [2.24, 2.45) is 0 Å². The Morgan fingerprint density at radius 2 is 1.20 bits per heavy atom. The zero-order chi connectivity index (χ0) is 20.7. The molecule has 0 bridgehead atoms. The molecular weight excluding hydrogens is 404 g/mol. The summed E-state index contributed by atoms with van der Waals surface area (Å²) in [6.07, 6.45) is 8.24. The monoisotopic (exact) mass is 422 g/mol. The highest BCUT2D eigenvalue weighted by Gasteiger charge is 2.60. The van der Waals surface area contributed by atoms with Crippen LogP contribution in [-0.4, -0.2) is 19.5 Å². The molecule has 30 heavy (non-hydrogen) atoms. The van der Waals surface area contributed by atoms with Crippen molar-refractivity contribution in [3.8, 4) is 0 Å². The van der Waals surface area contributed by atoms with E-state index in [0.717, 1.165) is 31.6 Å². The number of nitrogens with zero attached hydrogens (tertiary/aromatic N) is 2. The molecule has 4 heteroatoms. The van der Waals surface area contributed by atoms with Gasteiger partial charge in [-0.25, -0.2) is 0 Å². The van der Waals surface area contributed by atoms with Crippen molar-refractivity contribution in [3.63, 3.8) is 0 Å². The predicted molar refractivity (Wildman–Crippen MR) is 130 cm³/mol. The Morgan fingerprint density at radius 1 is 0.767 bits per heavy atom. The van der Waals surface area contributed by atoms with Crippen LogP contribution in [0.1, 0.15) is 25.0 Å². The number of thioether (sulfide) groups is 2. The second-order valence-electron chi connectivity index (χ2n) is 8.02. The quantitative estimate of drug-likeness (QED) is 0.290. The van der Waals surface area contributed by atoms with Crippen LogP contribution in [0, 0.1) is 0 Å². The summed E-state index contributed by atoms with van der Waals surface area (Å²) >= 11 is 3.71. The first-order valence-corrected chi connectivity index (χ1v) is 11.4. The molecule has 2 atom stereocenters. The van der Waals surface area contributed by atoms with Gasteiger partial charge in [-0.3, -0.25) is 9.97 Å². The number of hydrogen-bond acceptors (Lipinski definition) is 4. The van der Waals surface area contributed by atoms with Crippen LogP contribution in [0.25, 0.3) is 33.0 Å². The first-order valence-electron chi connectivity index (χ1n) is 9.80. The highest BCUT2D eigenvalue weighted by Crippen LogP contribution is 2.70. The van der Waals surface area contributed by atoms with E-state index in [4.69, 9.17) is 9.97 Å². The summed E-state index contributed by atoms with van der Waals surface area (Å²) in [5.41, 5.74) is 13.3. The molecule has 3 aromatic rings. The predicted octanol–water partition coefficient (Wildman–Crippen LogP) is 6.91. The molecule has 6 rings (SSSR count). The van der Waals surface area contributed by atoms with E-state index in [2.05, 4.69) is 62.8 Å². The zero-order valence-corrected chi connectivity index (χ0v) is 18.4. The standard InChI is InChI=1S/C26H18N2S2/c1-5-15-13-19-21-17-9-7-11-27-23(17)24-18(10-8-12-28-24)22(21)20-14-16(6-2)30-26(20,4)25(19,3)29-15/h7-14H,1-2H2,3-4H3/t25-,26-/m0/s1. The average molecular weight is 423 g/mol. The van der Waals surface area contributed by atoms with Crippen LogP contribution in [0.5, 0.6) is 0 Å². The van der Waals surface area contributed by atoms with Crippen molar-refractivity contribution < 1.29 is 0 Å². The normalized spacial score (nSPS) is 26.6. The fourth-order valence-corrected chi connectivity index (χ4v) is 7.85. The number of benzene rings is 1. The number of hydrogen-bond donors (Lipinski definition) is 0. The molecular formula is C26H18N2S2. The molecule has 2 nitrogen and oxygen atoms in total. The maximum absolute atomic E-state index is 4.74. The number of aromatic nitrogens is 2. The topological polar surface area (TPSA) is 25.8 Å². The third-order valence-electron chi connectivity index (χ3n) is 6.63. The average Bonchev–Trinajstić information content (AvgIpc) is 3.32. The molecule has 0 radical (unpaired) electrons. The van der Waals surface area contributed by atoms with Crippen molar-refractivity contribution in [2.75, 3.05) is 0 Å². The molecule has 2 aromatic heterocycles. The van der Waals surface area contributed by atoms with E-state index in [9.17, 15) is 0 Å². The molecule has 0 amide bonds. The van der Waals surface area contributed by atoms with Gasteiger partial charge in [0.05, 0.1) is 20.5 Å². The van der Waals surface area contributed by atoms with Crippen LogP contribution in [-0.2, 0) is 0 Å². The highest BCUT2D eigenvalue weighted by molar-refractivity contribution is 8.09. The van der Waals surface area contributed by atoms with Crippen molar-refractivity contribution in [1.29, 1.82) is 0 Å². The number of rotatable bonds is 0. The first kappa shape index (κ1) is 18.1. The van der Waals surface area contributed by atoms with E-state index in [-0.39, 0.29) is 9.49 Å². The van der Waals surface area contributed by atoms with E-state index in [0.29, 0.717) is 0 Å². The number of allylic oxidation sites excluding steroid dienone is 2. The van der Waals surface area contributed by atoms with E-state index in [1.165, 1.54) is 22.3 Å². The second kappa shape index (κ2) is 5.91. The van der Waals surface area contributed by atoms with Crippen LogP contribution < -0.4 is 0 Å². The lowest BCUT2D eigenvalue weighted by molar-refractivity contribution is 0.688. The molecule has 0 saturated carbocycles. The maximum Gasteiger partial charge on any atom is 0.0971 e. The van der Waals surface area contributed by atoms with Crippen molar-refractivity contribution in [3.05, 3.63) is 94.4 Å². The second-order valence-corrected chi connectivity index (χ2v) is 10.9. The van der Waals surface area contributed by atoms with Crippen LogP contribution in [0.2, 0.25) is 0 Å². The maximum atomic E-state index is 4.74. The van der Waals surface area contributed by atoms with Gasteiger partial charge in [0.15, 0.2) is 0 Å². The Balaban J connectivity index is 1.91. The molecule has 0 N–H and O–H groups in total. The summed E-state index contributed by atoms with van der Waals surface area (Å²) in [7, 11) is 0. The molecule has 0 spiro atoms. The van der Waals surface area contributed by atoms with Gasteiger partial charge >= 0.3 is 0 Å². The summed E-state index contributed by atoms with van der Waals surface area (Å²) in [6.45, 7) is 12.6. The minimum Gasteiger partial charge on any atom is -0.254 e. The van der Waals surface area contributed by atoms with Gasteiger partial charge in [0.2, 0.25) is 0 Å². The molecule has 3 aliphatic rings. The summed E-state index contributed by atoms with van der Waals surface area (Å²) < 4.78 is -0.346. The van der Waals surface area contributed by atoms with Gasteiger partial charge < -0.3 is 0 Å². The van der Waals surface area contributed by atoms with Crippen LogP contribution in [0.4, 0.5) is 0 Å². The van der Waals surface area contributed by atoms with Gasteiger partial charge in [0.1, 0.15) is 0 Å². The molecule has 0 saturated heterocycles. The fourth-order valence-electron chi connectivity index (χ4n) is 5.07. The SMILES string of the molecule is C=C=C1C=C2c3c(c4cccnc4c4ncccc34)C3=CC(=C=C)S[C@]3(C)[C@@]2(C)S1. The Hall–Kier alpha value is -2.74. The van der Waals surface area contributed by atoms with Crippen molar-refractivity contribution in [2.45, 2.75) is 23.3 Å². The van der Waals surface area contributed by atoms with Gasteiger partial charge in [-0.15, -0.1) is 35.0 Å². The Kier molecular flexibility index (Phi) is 3.56. The summed E-state index contributed by atoms with van der Waals surface area (Å²) in [5.74, 6) is 0. The summed E-state index contributed by atoms with van der Waals surface area (Å²) in [5, 5.41) is 2.29. The lowest BCUT2D eigenvalue weighted by atomic mass is 9.68. The van der Waals surface area contributed by atoms with Gasteiger partial charge in [0.25, 0.3) is 0 Å². The van der Waals surface area contributed by atoms with E-state index >= 15 is 0 Å². The minimum absolute atomic E-state index is 0.173. The molecule has 4 heterocycles. The zero-order valence-electron chi connectivity index (χ0n) is 16.7. The van der Waals surface area contributed by atoms with Crippen LogP contribution in [0.3, 0.4) is 0 Å². The van der Waals surface area contributed by atoms with Crippen molar-refractivity contribution in [1.82, 2.24) is 9.97 Å². The first-order chi connectivity index (χ1) is 14.5. The van der Waals surface area contributed by atoms with Gasteiger partial charge in [-0.2, -0.15) is 0 Å². The number of fused-ring (bicyclic) bond motifs is 11. The Morgan fingerprint density at radius 3 is 1.60 bits per heavy atom. The summed E-state index contributed by atoms with van der Waals surface area (Å²) in [6, 6.07) is 8.38. The third kappa shape index (κ3) is 2.00. The van der Waals surface area contributed by atoms with Gasteiger partial charge in [0, 0.05) is 33.0 Å². The van der Waals surface area contributed by atoms with Crippen LogP contribution in [0.15, 0.2) is 83.2 Å². The van der Waals surface area contributed by atoms with E-state index < -0.39 is 0 Å². The fraction of sp³-hybridized carbons (Fsp3) is 0.154. The lowest BCUT2D eigenvalue weighted by Gasteiger charge is -2.48. The molecule has 1 aromatic carbocycles. The van der Waals surface area contributed by atoms with Crippen LogP contribution >= 0.6 is 23.5 Å². The van der Waals surface area contributed by atoms with Crippen molar-refractivity contribution >= 4 is 56.5 Å². The molecule has 0 fully saturated rings. The third-order valence-corrected chi connectivity index (χ3v) is 9.80. The molecule has 0 unspecified atom stereocenters. The highest BCUT2D eigenvalue weighted by atomic mass is 32.2. The van der Waals surface area contributed by atoms with E-state index in [1.807, 2.05) is 48.1 Å². The largest absolute Gasteiger partial charge is 0.254 e.